The van der Waals surface area contributed by atoms with E-state index in [1.165, 1.54) is 18.5 Å². The Kier molecular flexibility index (Phi) is 4.31. The van der Waals surface area contributed by atoms with E-state index in [1.807, 2.05) is 0 Å². The molecule has 1 aromatic rings. The Morgan fingerprint density at radius 3 is 2.45 bits per heavy atom. The summed E-state index contributed by atoms with van der Waals surface area (Å²) in [6, 6.07) is 3.28. The zero-order valence-corrected chi connectivity index (χ0v) is 14.4. The van der Waals surface area contributed by atoms with E-state index < -0.39 is 0 Å². The van der Waals surface area contributed by atoms with E-state index in [0.29, 0.717) is 6.04 Å². The van der Waals surface area contributed by atoms with Crippen LogP contribution in [0.15, 0.2) is 6.07 Å². The van der Waals surface area contributed by atoms with Gasteiger partial charge in [-0.3, -0.25) is 9.69 Å². The summed E-state index contributed by atoms with van der Waals surface area (Å²) in [6.07, 6.45) is 3.80. The van der Waals surface area contributed by atoms with Crippen molar-refractivity contribution in [2.24, 2.45) is 0 Å². The molecule has 2 aliphatic rings. The van der Waals surface area contributed by atoms with E-state index in [1.54, 1.807) is 0 Å². The van der Waals surface area contributed by atoms with Crippen LogP contribution in [0.25, 0.3) is 0 Å². The van der Waals surface area contributed by atoms with Crippen LogP contribution in [0.2, 0.25) is 0 Å². The van der Waals surface area contributed by atoms with Gasteiger partial charge in [-0.2, -0.15) is 0 Å². The number of amides is 1. The highest BCUT2D eigenvalue weighted by atomic mass is 16.2. The lowest BCUT2D eigenvalue weighted by Crippen LogP contribution is -2.36. The molecule has 2 heterocycles. The van der Waals surface area contributed by atoms with Gasteiger partial charge < -0.3 is 9.47 Å². The lowest BCUT2D eigenvalue weighted by atomic mass is 10.2. The molecule has 1 amide bonds. The van der Waals surface area contributed by atoms with Gasteiger partial charge in [0.2, 0.25) is 0 Å². The van der Waals surface area contributed by atoms with Crippen LogP contribution >= 0.6 is 0 Å². The third-order valence-electron chi connectivity index (χ3n) is 5.11. The van der Waals surface area contributed by atoms with Crippen molar-refractivity contribution in [1.29, 1.82) is 0 Å². The molecule has 4 heteroatoms. The Bertz CT molecular complexity index is 557. The van der Waals surface area contributed by atoms with Gasteiger partial charge in [-0.25, -0.2) is 0 Å². The van der Waals surface area contributed by atoms with Crippen LogP contribution < -0.4 is 0 Å². The van der Waals surface area contributed by atoms with Crippen molar-refractivity contribution in [3.63, 3.8) is 0 Å². The summed E-state index contributed by atoms with van der Waals surface area (Å²) in [6.45, 7) is 12.5. The van der Waals surface area contributed by atoms with E-state index in [0.717, 1.165) is 49.9 Å². The second-order valence-electron chi connectivity index (χ2n) is 7.16. The van der Waals surface area contributed by atoms with E-state index in [2.05, 4.69) is 48.1 Å². The van der Waals surface area contributed by atoms with Gasteiger partial charge in [0.05, 0.1) is 5.56 Å². The van der Waals surface area contributed by atoms with Crippen LogP contribution in [-0.4, -0.2) is 52.5 Å². The van der Waals surface area contributed by atoms with Crippen molar-refractivity contribution in [1.82, 2.24) is 14.4 Å². The van der Waals surface area contributed by atoms with E-state index in [9.17, 15) is 4.79 Å². The normalized spacial score (nSPS) is 20.5. The zero-order chi connectivity index (χ0) is 15.9. The maximum absolute atomic E-state index is 12.9. The smallest absolute Gasteiger partial charge is 0.255 e. The summed E-state index contributed by atoms with van der Waals surface area (Å²) >= 11 is 0. The first kappa shape index (κ1) is 15.6. The molecule has 1 saturated heterocycles. The first-order valence-electron chi connectivity index (χ1n) is 8.70. The van der Waals surface area contributed by atoms with Crippen molar-refractivity contribution < 1.29 is 4.79 Å². The van der Waals surface area contributed by atoms with Gasteiger partial charge in [-0.1, -0.05) is 0 Å². The Morgan fingerprint density at radius 2 is 1.86 bits per heavy atom. The summed E-state index contributed by atoms with van der Waals surface area (Å²) in [5, 5.41) is 0. The minimum atomic E-state index is 0.220. The maximum Gasteiger partial charge on any atom is 0.255 e. The molecule has 0 spiro atoms. The molecule has 1 aromatic heterocycles. The van der Waals surface area contributed by atoms with Gasteiger partial charge in [0.25, 0.3) is 5.91 Å². The predicted molar refractivity (Wildman–Crippen MR) is 89.4 cm³/mol. The number of hydrogen-bond donors (Lipinski definition) is 0. The number of carbonyl (C=O) groups is 1. The molecule has 122 valence electrons. The second-order valence-corrected chi connectivity index (χ2v) is 7.16. The Balaban J connectivity index is 1.74. The molecule has 0 unspecified atom stereocenters. The first-order valence-corrected chi connectivity index (χ1v) is 8.70. The van der Waals surface area contributed by atoms with Crippen molar-refractivity contribution in [3.05, 3.63) is 23.0 Å². The van der Waals surface area contributed by atoms with E-state index in [4.69, 9.17) is 0 Å². The average molecular weight is 303 g/mol. The van der Waals surface area contributed by atoms with Gasteiger partial charge >= 0.3 is 0 Å². The van der Waals surface area contributed by atoms with Crippen LogP contribution in [0.3, 0.4) is 0 Å². The minimum absolute atomic E-state index is 0.220. The van der Waals surface area contributed by atoms with Crippen LogP contribution in [0.1, 0.15) is 60.9 Å². The average Bonchev–Trinajstić information content (AvgIpc) is 3.25. The summed E-state index contributed by atoms with van der Waals surface area (Å²) in [4.78, 5) is 17.6. The number of aromatic nitrogens is 1. The fourth-order valence-electron chi connectivity index (χ4n) is 3.90. The van der Waals surface area contributed by atoms with Crippen LogP contribution in [-0.2, 0) is 0 Å². The van der Waals surface area contributed by atoms with Crippen molar-refractivity contribution >= 4 is 5.91 Å². The zero-order valence-electron chi connectivity index (χ0n) is 14.4. The Hall–Kier alpha value is -1.29. The van der Waals surface area contributed by atoms with Gasteiger partial charge in [0.15, 0.2) is 0 Å². The molecule has 1 saturated carbocycles. The quantitative estimate of drug-likeness (QED) is 0.859. The molecule has 4 nitrogen and oxygen atoms in total. The molecular formula is C18H29N3O. The Labute approximate surface area is 134 Å². The molecule has 2 fully saturated rings. The molecule has 22 heavy (non-hydrogen) atoms. The van der Waals surface area contributed by atoms with Gasteiger partial charge in [-0.05, 0) is 53.0 Å². The van der Waals surface area contributed by atoms with Crippen LogP contribution in [0, 0.1) is 13.8 Å². The summed E-state index contributed by atoms with van der Waals surface area (Å²) in [5.41, 5.74) is 3.19. The van der Waals surface area contributed by atoms with E-state index in [-0.39, 0.29) is 5.91 Å². The van der Waals surface area contributed by atoms with Crippen molar-refractivity contribution in [2.75, 3.05) is 26.2 Å². The number of hydrogen-bond acceptors (Lipinski definition) is 2. The highest BCUT2D eigenvalue weighted by Crippen LogP contribution is 2.28. The minimum Gasteiger partial charge on any atom is -0.346 e. The molecule has 0 radical (unpaired) electrons. The van der Waals surface area contributed by atoms with Crippen LogP contribution in [0.5, 0.6) is 0 Å². The fraction of sp³-hybridized carbons (Fsp3) is 0.722. The van der Waals surface area contributed by atoms with Crippen molar-refractivity contribution in [3.8, 4) is 0 Å². The lowest BCUT2D eigenvalue weighted by Gasteiger charge is -2.22. The van der Waals surface area contributed by atoms with Gasteiger partial charge in [0.1, 0.15) is 0 Å². The number of aryl methyl sites for hydroxylation is 1. The van der Waals surface area contributed by atoms with E-state index >= 15 is 0 Å². The third kappa shape index (κ3) is 2.94. The third-order valence-corrected chi connectivity index (χ3v) is 5.11. The topological polar surface area (TPSA) is 28.5 Å². The molecule has 1 aliphatic heterocycles. The number of carbonyl (C=O) groups excluding carboxylic acids is 1. The largest absolute Gasteiger partial charge is 0.346 e. The number of nitrogens with zero attached hydrogens (tertiary/aromatic N) is 3. The summed E-state index contributed by atoms with van der Waals surface area (Å²) in [5.74, 6) is 0.220. The predicted octanol–water partition coefficient (Wildman–Crippen LogP) is 3.00. The molecular weight excluding hydrogens is 274 g/mol. The molecule has 0 bridgehead atoms. The van der Waals surface area contributed by atoms with Gasteiger partial charge in [0, 0.05) is 49.7 Å². The SMILES string of the molecule is Cc1cc(C(=O)N2CCCN(C3CC3)CC2)c(C)n1C(C)C. The summed E-state index contributed by atoms with van der Waals surface area (Å²) < 4.78 is 2.27. The monoisotopic (exact) mass is 303 g/mol. The molecule has 0 atom stereocenters. The van der Waals surface area contributed by atoms with Crippen molar-refractivity contribution in [2.45, 2.75) is 59.0 Å². The molecule has 0 N–H and O–H groups in total. The van der Waals surface area contributed by atoms with Crippen LogP contribution in [0.4, 0.5) is 0 Å². The second kappa shape index (κ2) is 6.07. The van der Waals surface area contributed by atoms with Gasteiger partial charge in [-0.15, -0.1) is 0 Å². The highest BCUT2D eigenvalue weighted by molar-refractivity contribution is 5.95. The fourth-order valence-corrected chi connectivity index (χ4v) is 3.90. The first-order chi connectivity index (χ1) is 10.5. The summed E-state index contributed by atoms with van der Waals surface area (Å²) in [7, 11) is 0. The Morgan fingerprint density at radius 1 is 1.14 bits per heavy atom. The molecule has 1 aliphatic carbocycles. The highest BCUT2D eigenvalue weighted by Gasteiger charge is 2.31. The maximum atomic E-state index is 12.9. The lowest BCUT2D eigenvalue weighted by molar-refractivity contribution is 0.0760. The number of rotatable bonds is 3. The molecule has 3 rings (SSSR count). The standard InChI is InChI=1S/C18H29N3O/c1-13(2)21-14(3)12-17(15(21)4)18(22)20-9-5-8-19(10-11-20)16-6-7-16/h12-13,16H,5-11H2,1-4H3. The molecule has 0 aromatic carbocycles.